The molecule has 0 saturated heterocycles. The summed E-state index contributed by atoms with van der Waals surface area (Å²) < 4.78 is 45.4. The van der Waals surface area contributed by atoms with E-state index in [2.05, 4.69) is 0 Å². The van der Waals surface area contributed by atoms with Crippen molar-refractivity contribution in [3.63, 3.8) is 0 Å². The lowest BCUT2D eigenvalue weighted by molar-refractivity contribution is 0.247. The zero-order valence-electron chi connectivity index (χ0n) is 13.2. The van der Waals surface area contributed by atoms with E-state index in [4.69, 9.17) is 16.3 Å². The molecule has 3 nitrogen and oxygen atoms in total. The van der Waals surface area contributed by atoms with Crippen LogP contribution in [0, 0.1) is 5.82 Å². The smallest absolute Gasteiger partial charge is 0.283 e. The van der Waals surface area contributed by atoms with Crippen LogP contribution in [0.2, 0.25) is 5.02 Å². The summed E-state index contributed by atoms with van der Waals surface area (Å²) in [5, 5.41) is 20.8. The molecule has 0 heterocycles. The van der Waals surface area contributed by atoms with Crippen molar-refractivity contribution in [2.75, 3.05) is 0 Å². The molecule has 2 N–H and O–H groups in total. The lowest BCUT2D eigenvalue weighted by atomic mass is 10.1. The summed E-state index contributed by atoms with van der Waals surface area (Å²) in [4.78, 5) is 0.230. The first-order valence-electron chi connectivity index (χ1n) is 7.21. The summed E-state index contributed by atoms with van der Waals surface area (Å²) in [5.41, 5.74) is 0.338. The number of aliphatic hydroxyl groups is 2. The van der Waals surface area contributed by atoms with Gasteiger partial charge in [-0.2, -0.15) is 8.78 Å². The first-order chi connectivity index (χ1) is 11.9. The second-order valence-corrected chi connectivity index (χ2v) is 7.36. The maximum Gasteiger partial charge on any atom is 0.283 e. The first kappa shape index (κ1) is 19.8. The van der Waals surface area contributed by atoms with Gasteiger partial charge < -0.3 is 14.9 Å². The average Bonchev–Trinajstić information content (AvgIpc) is 2.54. The lowest BCUT2D eigenvalue weighted by Crippen LogP contribution is -2.03. The summed E-state index contributed by atoms with van der Waals surface area (Å²) in [6, 6.07) is 6.40. The molecule has 0 aromatic heterocycles. The van der Waals surface area contributed by atoms with Gasteiger partial charge in [0.25, 0.3) is 5.76 Å². The predicted octanol–water partition coefficient (Wildman–Crippen LogP) is 4.93. The Bertz CT molecular complexity index is 777. The van der Waals surface area contributed by atoms with Crippen molar-refractivity contribution in [3.05, 3.63) is 52.3 Å². The van der Waals surface area contributed by atoms with Gasteiger partial charge in [-0.1, -0.05) is 27.5 Å². The Hall–Kier alpha value is -1.54. The quantitative estimate of drug-likeness (QED) is 0.685. The van der Waals surface area contributed by atoms with E-state index in [-0.39, 0.29) is 32.5 Å². The fourth-order valence-corrected chi connectivity index (χ4v) is 3.91. The standard InChI is InChI=1S/C17H16ClF3O3S/c1-2-25(17(20)21)16-4-3-15(13(8-22)14(16)9-23)24-12-6-10(18)5-11(19)7-12/h2-7,17,22-23H,8-9H2,1H3. The third kappa shape index (κ3) is 4.55. The van der Waals surface area contributed by atoms with Crippen LogP contribution in [0.25, 0.3) is 0 Å². The van der Waals surface area contributed by atoms with E-state index in [0.29, 0.717) is 0 Å². The van der Waals surface area contributed by atoms with Gasteiger partial charge in [0.15, 0.2) is 0 Å². The highest BCUT2D eigenvalue weighted by Crippen LogP contribution is 2.40. The topological polar surface area (TPSA) is 49.7 Å². The molecule has 2 rings (SSSR count). The second kappa shape index (κ2) is 8.71. The highest BCUT2D eigenvalue weighted by atomic mass is 35.5. The Morgan fingerprint density at radius 1 is 1.16 bits per heavy atom. The molecular formula is C17H16ClF3O3S. The molecular weight excluding hydrogens is 377 g/mol. The average molecular weight is 393 g/mol. The fraction of sp³-hybridized carbons (Fsp3) is 0.235. The van der Waals surface area contributed by atoms with Crippen LogP contribution in [-0.4, -0.2) is 21.3 Å². The number of hydrogen-bond acceptors (Lipinski definition) is 3. The van der Waals surface area contributed by atoms with E-state index in [0.717, 1.165) is 12.1 Å². The molecule has 0 aliphatic carbocycles. The Labute approximate surface area is 150 Å². The van der Waals surface area contributed by atoms with Crippen molar-refractivity contribution in [2.24, 2.45) is 0 Å². The van der Waals surface area contributed by atoms with Crippen molar-refractivity contribution in [3.8, 4) is 11.5 Å². The minimum absolute atomic E-state index is 0.0891. The van der Waals surface area contributed by atoms with Crippen LogP contribution < -0.4 is 4.74 Å². The molecule has 0 aliphatic heterocycles. The molecule has 1 atom stereocenters. The summed E-state index contributed by atoms with van der Waals surface area (Å²) in [6.07, 6.45) is 0. The lowest BCUT2D eigenvalue weighted by Gasteiger charge is -2.19. The number of aliphatic hydroxyl groups excluding tert-OH is 2. The molecule has 1 unspecified atom stereocenters. The Morgan fingerprint density at radius 3 is 2.36 bits per heavy atom. The van der Waals surface area contributed by atoms with Crippen LogP contribution in [-0.2, 0) is 13.2 Å². The molecule has 0 aliphatic rings. The van der Waals surface area contributed by atoms with Crippen LogP contribution >= 0.6 is 22.1 Å². The molecule has 0 saturated carbocycles. The van der Waals surface area contributed by atoms with E-state index in [1.54, 1.807) is 0 Å². The van der Waals surface area contributed by atoms with Gasteiger partial charge in [-0.05, 0) is 36.8 Å². The molecule has 8 heteroatoms. The third-order valence-electron chi connectivity index (χ3n) is 3.43. The highest BCUT2D eigenvalue weighted by molar-refractivity contribution is 8.15. The van der Waals surface area contributed by atoms with Crippen LogP contribution in [0.3, 0.4) is 0 Å². The van der Waals surface area contributed by atoms with Gasteiger partial charge in [0.2, 0.25) is 0 Å². The number of ether oxygens (including phenoxy) is 1. The van der Waals surface area contributed by atoms with Gasteiger partial charge in [-0.3, -0.25) is 0 Å². The first-order valence-corrected chi connectivity index (χ1v) is 8.94. The number of alkyl halides is 2. The minimum Gasteiger partial charge on any atom is -0.457 e. The van der Waals surface area contributed by atoms with Crippen molar-refractivity contribution in [1.29, 1.82) is 0 Å². The van der Waals surface area contributed by atoms with Gasteiger partial charge in [0.05, 0.1) is 13.2 Å². The van der Waals surface area contributed by atoms with Crippen molar-refractivity contribution in [2.45, 2.75) is 30.8 Å². The van der Waals surface area contributed by atoms with Gasteiger partial charge in [-0.25, -0.2) is 4.39 Å². The van der Waals surface area contributed by atoms with E-state index in [1.807, 2.05) is 0 Å². The SMILES string of the molecule is C/C=S(\c1ccc(Oc2cc(F)cc(Cl)c2)c(CO)c1CO)C(F)F. The molecule has 136 valence electrons. The Morgan fingerprint density at radius 2 is 1.84 bits per heavy atom. The maximum absolute atomic E-state index is 13.4. The molecule has 0 spiro atoms. The number of halogens is 4. The van der Waals surface area contributed by atoms with Crippen LogP contribution in [0.5, 0.6) is 11.5 Å². The zero-order chi connectivity index (χ0) is 18.6. The maximum atomic E-state index is 13.4. The Kier molecular flexibility index (Phi) is 6.89. The van der Waals surface area contributed by atoms with Crippen LogP contribution in [0.4, 0.5) is 13.2 Å². The van der Waals surface area contributed by atoms with Crippen LogP contribution in [0.1, 0.15) is 18.1 Å². The fourth-order valence-electron chi connectivity index (χ4n) is 2.35. The number of hydrogen-bond donors (Lipinski definition) is 2. The summed E-state index contributed by atoms with van der Waals surface area (Å²) >= 11 is 5.77. The van der Waals surface area contributed by atoms with Crippen molar-refractivity contribution >= 4 is 27.5 Å². The molecule has 25 heavy (non-hydrogen) atoms. The molecule has 0 amide bonds. The third-order valence-corrected chi connectivity index (χ3v) is 5.43. The number of benzene rings is 2. The van der Waals surface area contributed by atoms with Gasteiger partial charge in [0.1, 0.15) is 17.3 Å². The van der Waals surface area contributed by atoms with E-state index in [9.17, 15) is 23.4 Å². The Balaban J connectivity index is 2.53. The molecule has 0 bridgehead atoms. The minimum atomic E-state index is -2.63. The van der Waals surface area contributed by atoms with Gasteiger partial charge in [0, 0.05) is 21.5 Å². The molecule has 0 fully saturated rings. The monoisotopic (exact) mass is 392 g/mol. The van der Waals surface area contributed by atoms with Crippen LogP contribution in [0.15, 0.2) is 35.2 Å². The van der Waals surface area contributed by atoms with E-state index in [1.165, 1.54) is 30.5 Å². The normalized spacial score (nSPS) is 12.6. The summed E-state index contributed by atoms with van der Waals surface area (Å²) in [5.74, 6) is -3.01. The molecule has 2 aromatic carbocycles. The summed E-state index contributed by atoms with van der Waals surface area (Å²) in [6.45, 7) is 0.427. The highest BCUT2D eigenvalue weighted by Gasteiger charge is 2.20. The van der Waals surface area contributed by atoms with Crippen molar-refractivity contribution < 1.29 is 28.1 Å². The molecule has 0 radical (unpaired) electrons. The predicted molar refractivity (Wildman–Crippen MR) is 93.4 cm³/mol. The van der Waals surface area contributed by atoms with E-state index >= 15 is 0 Å². The van der Waals surface area contributed by atoms with Gasteiger partial charge >= 0.3 is 0 Å². The van der Waals surface area contributed by atoms with E-state index < -0.39 is 35.3 Å². The second-order valence-electron chi connectivity index (χ2n) is 4.91. The number of rotatable bonds is 6. The van der Waals surface area contributed by atoms with Gasteiger partial charge in [-0.15, -0.1) is 0 Å². The molecule has 2 aromatic rings. The summed E-state index contributed by atoms with van der Waals surface area (Å²) in [7, 11) is -1.50. The largest absolute Gasteiger partial charge is 0.457 e. The zero-order valence-corrected chi connectivity index (χ0v) is 14.8. The van der Waals surface area contributed by atoms with Crippen molar-refractivity contribution in [1.82, 2.24) is 0 Å².